The molecule has 0 aliphatic carbocycles. The molecular weight excluding hydrogens is 424 g/mol. The van der Waals surface area contributed by atoms with Gasteiger partial charge in [0.25, 0.3) is 0 Å². The molecule has 0 unspecified atom stereocenters. The van der Waals surface area contributed by atoms with Gasteiger partial charge in [0.15, 0.2) is 0 Å². The number of imidazole rings is 1. The highest BCUT2D eigenvalue weighted by molar-refractivity contribution is 5.92. The molecule has 3 aromatic heterocycles. The maximum atomic E-state index is 12.4. The number of rotatable bonds is 7. The van der Waals surface area contributed by atoms with Crippen LogP contribution in [0.25, 0.3) is 33.3 Å². The quantitative estimate of drug-likeness (QED) is 0.393. The van der Waals surface area contributed by atoms with Gasteiger partial charge in [-0.2, -0.15) is 0 Å². The van der Waals surface area contributed by atoms with Gasteiger partial charge < -0.3 is 15.6 Å². The fraction of sp³-hybridized carbons (Fsp3) is 0.111. The molecule has 0 aliphatic heterocycles. The van der Waals surface area contributed by atoms with E-state index in [1.165, 1.54) is 0 Å². The number of hydrogen-bond donors (Lipinski definition) is 2. The molecule has 0 bridgehead atoms. The second-order valence-electron chi connectivity index (χ2n) is 7.99. The number of amides is 1. The zero-order valence-corrected chi connectivity index (χ0v) is 18.6. The van der Waals surface area contributed by atoms with Crippen molar-refractivity contribution in [3.63, 3.8) is 0 Å². The monoisotopic (exact) mass is 448 g/mol. The van der Waals surface area contributed by atoms with Gasteiger partial charge in [0.1, 0.15) is 6.54 Å². The molecule has 0 atom stereocenters. The molecule has 0 radical (unpaired) electrons. The zero-order chi connectivity index (χ0) is 23.3. The molecule has 34 heavy (non-hydrogen) atoms. The smallest absolute Gasteiger partial charge is 0.240 e. The Morgan fingerprint density at radius 3 is 2.53 bits per heavy atom. The Balaban J connectivity index is 1.54. The number of hydrogen-bond acceptors (Lipinski definition) is 5. The molecule has 0 saturated heterocycles. The Morgan fingerprint density at radius 1 is 0.971 bits per heavy atom. The zero-order valence-electron chi connectivity index (χ0n) is 18.6. The van der Waals surface area contributed by atoms with Crippen molar-refractivity contribution < 1.29 is 4.79 Å². The first-order chi connectivity index (χ1) is 16.7. The van der Waals surface area contributed by atoms with Crippen molar-refractivity contribution >= 4 is 16.8 Å². The lowest BCUT2D eigenvalue weighted by atomic mass is 9.96. The number of nitrogens with zero attached hydrogens (tertiary/aromatic N) is 4. The SMILES string of the molecule is NCc1ccc(-c2nc3ccnc(CNC(=O)Cn4ccnc4)c3cc2-c2ccccc2)cc1. The Hall–Kier alpha value is -4.36. The minimum absolute atomic E-state index is 0.107. The van der Waals surface area contributed by atoms with Gasteiger partial charge in [-0.15, -0.1) is 0 Å². The summed E-state index contributed by atoms with van der Waals surface area (Å²) in [6.45, 7) is 1.02. The molecule has 0 fully saturated rings. The lowest BCUT2D eigenvalue weighted by Crippen LogP contribution is -2.27. The van der Waals surface area contributed by atoms with E-state index >= 15 is 0 Å². The maximum Gasteiger partial charge on any atom is 0.240 e. The molecule has 0 aliphatic rings. The fourth-order valence-electron chi connectivity index (χ4n) is 3.93. The van der Waals surface area contributed by atoms with E-state index in [1.54, 1.807) is 29.5 Å². The maximum absolute atomic E-state index is 12.4. The number of benzene rings is 2. The van der Waals surface area contributed by atoms with Gasteiger partial charge in [0.05, 0.1) is 29.8 Å². The highest BCUT2D eigenvalue weighted by Crippen LogP contribution is 2.34. The van der Waals surface area contributed by atoms with Crippen LogP contribution in [0, 0.1) is 0 Å². The van der Waals surface area contributed by atoms with Crippen molar-refractivity contribution in [2.45, 2.75) is 19.6 Å². The predicted octanol–water partition coefficient (Wildman–Crippen LogP) is 3.94. The van der Waals surface area contributed by atoms with E-state index in [9.17, 15) is 4.79 Å². The van der Waals surface area contributed by atoms with Crippen LogP contribution in [0.1, 0.15) is 11.3 Å². The van der Waals surface area contributed by atoms with Gasteiger partial charge in [0.2, 0.25) is 5.91 Å². The van der Waals surface area contributed by atoms with Crippen LogP contribution in [0.2, 0.25) is 0 Å². The topological polar surface area (TPSA) is 98.7 Å². The number of nitrogens with two attached hydrogens (primary N) is 1. The second kappa shape index (κ2) is 9.64. The highest BCUT2D eigenvalue weighted by atomic mass is 16.1. The Kier molecular flexibility index (Phi) is 6.09. The van der Waals surface area contributed by atoms with Crippen LogP contribution in [0.5, 0.6) is 0 Å². The standard InChI is InChI=1S/C27H24N6O/c28-15-19-6-8-21(9-7-19)27-22(20-4-2-1-3-5-20)14-23-24(32-27)10-11-30-25(23)16-31-26(34)17-33-13-12-29-18-33/h1-14,18H,15-17,28H2,(H,31,34). The molecule has 7 nitrogen and oxygen atoms in total. The van der Waals surface area contributed by atoms with Crippen molar-refractivity contribution in [3.05, 3.63) is 103 Å². The van der Waals surface area contributed by atoms with Gasteiger partial charge in [-0.05, 0) is 23.3 Å². The third-order valence-electron chi connectivity index (χ3n) is 5.71. The van der Waals surface area contributed by atoms with E-state index in [2.05, 4.69) is 45.6 Å². The summed E-state index contributed by atoms with van der Waals surface area (Å²) in [6.07, 6.45) is 6.76. The van der Waals surface area contributed by atoms with E-state index in [-0.39, 0.29) is 12.5 Å². The molecule has 1 amide bonds. The predicted molar refractivity (Wildman–Crippen MR) is 132 cm³/mol. The molecule has 0 spiro atoms. The van der Waals surface area contributed by atoms with Crippen LogP contribution >= 0.6 is 0 Å². The van der Waals surface area contributed by atoms with Gasteiger partial charge in [-0.25, -0.2) is 9.97 Å². The summed E-state index contributed by atoms with van der Waals surface area (Å²) in [5.74, 6) is -0.107. The highest BCUT2D eigenvalue weighted by Gasteiger charge is 2.14. The third kappa shape index (κ3) is 4.55. The first-order valence-corrected chi connectivity index (χ1v) is 11.1. The number of carbonyl (C=O) groups excluding carboxylic acids is 1. The van der Waals surface area contributed by atoms with E-state index in [0.29, 0.717) is 13.1 Å². The lowest BCUT2D eigenvalue weighted by Gasteiger charge is -2.14. The molecule has 0 saturated carbocycles. The molecule has 2 aromatic carbocycles. The largest absolute Gasteiger partial charge is 0.349 e. The molecule has 3 heterocycles. The van der Waals surface area contributed by atoms with Crippen LogP contribution in [-0.2, 0) is 24.4 Å². The molecule has 5 aromatic rings. The molecule has 7 heteroatoms. The van der Waals surface area contributed by atoms with Crippen LogP contribution < -0.4 is 11.1 Å². The van der Waals surface area contributed by atoms with E-state index in [4.69, 9.17) is 10.7 Å². The second-order valence-corrected chi connectivity index (χ2v) is 7.99. The Labute approximate surface area is 197 Å². The summed E-state index contributed by atoms with van der Waals surface area (Å²) in [7, 11) is 0. The third-order valence-corrected chi connectivity index (χ3v) is 5.71. The van der Waals surface area contributed by atoms with Gasteiger partial charge >= 0.3 is 0 Å². The summed E-state index contributed by atoms with van der Waals surface area (Å²) >= 11 is 0. The lowest BCUT2D eigenvalue weighted by molar-refractivity contribution is -0.121. The fourth-order valence-corrected chi connectivity index (χ4v) is 3.93. The molecule has 3 N–H and O–H groups in total. The summed E-state index contributed by atoms with van der Waals surface area (Å²) < 4.78 is 1.73. The van der Waals surface area contributed by atoms with Crippen molar-refractivity contribution in [2.24, 2.45) is 5.73 Å². The van der Waals surface area contributed by atoms with Crippen molar-refractivity contribution in [1.29, 1.82) is 0 Å². The summed E-state index contributed by atoms with van der Waals surface area (Å²) in [5, 5.41) is 3.87. The summed E-state index contributed by atoms with van der Waals surface area (Å²) in [4.78, 5) is 25.9. The minimum atomic E-state index is -0.107. The first kappa shape index (κ1) is 21.5. The number of pyridine rings is 2. The molecule has 168 valence electrons. The molecular formula is C27H24N6O. The summed E-state index contributed by atoms with van der Waals surface area (Å²) in [6, 6.07) is 22.4. The van der Waals surface area contributed by atoms with Crippen LogP contribution in [0.3, 0.4) is 0 Å². The van der Waals surface area contributed by atoms with Crippen LogP contribution in [0.15, 0.2) is 91.6 Å². The van der Waals surface area contributed by atoms with Crippen LogP contribution in [-0.4, -0.2) is 25.4 Å². The van der Waals surface area contributed by atoms with Gasteiger partial charge in [-0.3, -0.25) is 9.78 Å². The number of nitrogens with one attached hydrogen (secondary N) is 1. The number of aromatic nitrogens is 4. The van der Waals surface area contributed by atoms with E-state index < -0.39 is 0 Å². The van der Waals surface area contributed by atoms with Crippen molar-refractivity contribution in [3.8, 4) is 22.4 Å². The van der Waals surface area contributed by atoms with Crippen molar-refractivity contribution in [2.75, 3.05) is 0 Å². The Bertz CT molecular complexity index is 1410. The number of fused-ring (bicyclic) bond motifs is 1. The Morgan fingerprint density at radius 2 is 1.79 bits per heavy atom. The average Bonchev–Trinajstić information content (AvgIpc) is 3.40. The first-order valence-electron chi connectivity index (χ1n) is 11.1. The minimum Gasteiger partial charge on any atom is -0.349 e. The normalized spacial score (nSPS) is 11.0. The van der Waals surface area contributed by atoms with Gasteiger partial charge in [-0.1, -0.05) is 54.6 Å². The number of carbonyl (C=O) groups is 1. The van der Waals surface area contributed by atoms with E-state index in [0.717, 1.165) is 44.5 Å². The van der Waals surface area contributed by atoms with Crippen LogP contribution in [0.4, 0.5) is 0 Å². The summed E-state index contributed by atoms with van der Waals surface area (Å²) in [5.41, 5.74) is 12.4. The van der Waals surface area contributed by atoms with Gasteiger partial charge in [0, 0.05) is 41.6 Å². The molecule has 5 rings (SSSR count). The average molecular weight is 449 g/mol. The van der Waals surface area contributed by atoms with Crippen molar-refractivity contribution in [1.82, 2.24) is 24.8 Å². The van der Waals surface area contributed by atoms with E-state index in [1.807, 2.05) is 36.4 Å².